The average Bonchev–Trinajstić information content (AvgIpc) is 3.48. The van der Waals surface area contributed by atoms with E-state index in [1.54, 1.807) is 12.1 Å². The second-order valence-corrected chi connectivity index (χ2v) is 11.5. The van der Waals surface area contributed by atoms with E-state index in [9.17, 15) is 31.5 Å². The summed E-state index contributed by atoms with van der Waals surface area (Å²) in [6.07, 6.45) is -4.96. The van der Waals surface area contributed by atoms with E-state index in [2.05, 4.69) is 15.4 Å². The van der Waals surface area contributed by atoms with Crippen molar-refractivity contribution in [2.45, 2.75) is 58.2 Å². The second-order valence-electron chi connectivity index (χ2n) is 9.19. The first-order valence-electron chi connectivity index (χ1n) is 12.0. The molecular formula is C25H22F5N5O2S2. The van der Waals surface area contributed by atoms with Crippen LogP contribution in [0.2, 0.25) is 0 Å². The van der Waals surface area contributed by atoms with E-state index < -0.39 is 42.3 Å². The number of alkyl halides is 5. The van der Waals surface area contributed by atoms with Crippen LogP contribution in [0.25, 0.3) is 20.7 Å². The summed E-state index contributed by atoms with van der Waals surface area (Å²) in [5.41, 5.74) is 4.84. The standard InChI is InChI=1S/C25H22F5N5O2S2/c1-11-7-8-16(38-11)13-9-14(22(26)27)32-24-18(13)19(20(39-24)23(31)37)33-17(36)10-35-15-6-4-2-3-5-12(15)21(34-35)25(28,29)30/h7-9,22H,2-6,10H2,1H3,(H2,31,37)(H,33,36). The number of pyridine rings is 1. The number of nitrogens with one attached hydrogen (secondary N) is 1. The van der Waals surface area contributed by atoms with Crippen LogP contribution in [0.1, 0.15) is 62.9 Å². The largest absolute Gasteiger partial charge is 0.435 e. The maximum atomic E-state index is 13.7. The zero-order valence-electron chi connectivity index (χ0n) is 20.5. The number of thiophene rings is 2. The second kappa shape index (κ2) is 10.3. The van der Waals surface area contributed by atoms with Gasteiger partial charge in [-0.1, -0.05) is 6.42 Å². The Labute approximate surface area is 226 Å². The molecule has 0 spiro atoms. The van der Waals surface area contributed by atoms with E-state index in [0.717, 1.165) is 27.3 Å². The first-order valence-corrected chi connectivity index (χ1v) is 13.6. The molecule has 7 nitrogen and oxygen atoms in total. The highest BCUT2D eigenvalue weighted by molar-refractivity contribution is 7.21. The van der Waals surface area contributed by atoms with Gasteiger partial charge in [0.25, 0.3) is 12.3 Å². The van der Waals surface area contributed by atoms with Crippen molar-refractivity contribution in [2.24, 2.45) is 5.73 Å². The van der Waals surface area contributed by atoms with Crippen molar-refractivity contribution in [2.75, 3.05) is 5.32 Å². The van der Waals surface area contributed by atoms with E-state index in [1.165, 1.54) is 17.4 Å². The Morgan fingerprint density at radius 3 is 2.54 bits per heavy atom. The monoisotopic (exact) mass is 583 g/mol. The molecule has 0 unspecified atom stereocenters. The molecule has 5 rings (SSSR count). The Morgan fingerprint density at radius 2 is 1.90 bits per heavy atom. The van der Waals surface area contributed by atoms with Gasteiger partial charge >= 0.3 is 6.18 Å². The number of primary amides is 1. The Bertz CT molecular complexity index is 1590. The summed E-state index contributed by atoms with van der Waals surface area (Å²) in [6.45, 7) is 1.30. The number of nitrogens with zero attached hydrogens (tertiary/aromatic N) is 3. The van der Waals surface area contributed by atoms with Crippen LogP contribution in [0.5, 0.6) is 0 Å². The van der Waals surface area contributed by atoms with Gasteiger partial charge in [-0.3, -0.25) is 14.3 Å². The van der Waals surface area contributed by atoms with E-state index in [1.807, 2.05) is 6.92 Å². The molecule has 0 radical (unpaired) electrons. The summed E-state index contributed by atoms with van der Waals surface area (Å²) >= 11 is 2.09. The van der Waals surface area contributed by atoms with Gasteiger partial charge < -0.3 is 11.1 Å². The number of hydrogen-bond acceptors (Lipinski definition) is 6. The predicted octanol–water partition coefficient (Wildman–Crippen LogP) is 6.49. The Kier molecular flexibility index (Phi) is 7.18. The molecule has 2 amide bonds. The topological polar surface area (TPSA) is 103 Å². The first-order chi connectivity index (χ1) is 18.4. The highest BCUT2D eigenvalue weighted by Gasteiger charge is 2.39. The van der Waals surface area contributed by atoms with Gasteiger partial charge in [0.05, 0.1) is 5.69 Å². The van der Waals surface area contributed by atoms with Crippen molar-refractivity contribution < 1.29 is 31.5 Å². The summed E-state index contributed by atoms with van der Waals surface area (Å²) in [4.78, 5) is 31.0. The summed E-state index contributed by atoms with van der Waals surface area (Å²) in [5, 5.41) is 6.60. The van der Waals surface area contributed by atoms with E-state index >= 15 is 0 Å². The number of carbonyl (C=O) groups is 2. The molecule has 4 aromatic heterocycles. The van der Waals surface area contributed by atoms with Crippen LogP contribution in [0.4, 0.5) is 27.6 Å². The van der Waals surface area contributed by atoms with Crippen LogP contribution in [0.3, 0.4) is 0 Å². The molecule has 1 aliphatic rings. The van der Waals surface area contributed by atoms with Gasteiger partial charge in [-0.05, 0) is 50.8 Å². The Morgan fingerprint density at radius 1 is 1.15 bits per heavy atom. The van der Waals surface area contributed by atoms with Crippen LogP contribution in [-0.2, 0) is 30.4 Å². The normalized spacial score (nSPS) is 14.0. The minimum atomic E-state index is -4.67. The third kappa shape index (κ3) is 5.26. The number of aryl methyl sites for hydroxylation is 1. The van der Waals surface area contributed by atoms with Gasteiger partial charge in [0.15, 0.2) is 5.69 Å². The zero-order valence-corrected chi connectivity index (χ0v) is 22.1. The van der Waals surface area contributed by atoms with E-state index in [0.29, 0.717) is 35.4 Å². The van der Waals surface area contributed by atoms with Crippen molar-refractivity contribution in [1.82, 2.24) is 14.8 Å². The van der Waals surface area contributed by atoms with Crippen molar-refractivity contribution in [3.05, 3.63) is 50.6 Å². The molecule has 0 aliphatic heterocycles. The number of nitrogens with two attached hydrogens (primary N) is 1. The lowest BCUT2D eigenvalue weighted by Crippen LogP contribution is -2.23. The molecule has 0 fully saturated rings. The fraction of sp³-hybridized carbons (Fsp3) is 0.360. The maximum absolute atomic E-state index is 13.7. The van der Waals surface area contributed by atoms with Gasteiger partial charge in [0.2, 0.25) is 5.91 Å². The van der Waals surface area contributed by atoms with Crippen LogP contribution in [0.15, 0.2) is 18.2 Å². The van der Waals surface area contributed by atoms with Gasteiger partial charge in [0, 0.05) is 32.0 Å². The van der Waals surface area contributed by atoms with E-state index in [-0.39, 0.29) is 32.8 Å². The number of halogens is 5. The highest BCUT2D eigenvalue weighted by atomic mass is 32.1. The van der Waals surface area contributed by atoms with Crippen LogP contribution in [-0.4, -0.2) is 26.6 Å². The summed E-state index contributed by atoms with van der Waals surface area (Å²) < 4.78 is 69.5. The number of fused-ring (bicyclic) bond motifs is 2. The molecule has 1 aliphatic carbocycles. The molecule has 14 heteroatoms. The molecule has 0 saturated carbocycles. The van der Waals surface area contributed by atoms with Crippen LogP contribution in [0, 0.1) is 6.92 Å². The minimum absolute atomic E-state index is 0.0174. The molecule has 0 saturated heterocycles. The third-order valence-electron chi connectivity index (χ3n) is 6.47. The summed E-state index contributed by atoms with van der Waals surface area (Å²) in [5.74, 6) is -1.65. The number of hydrogen-bond donors (Lipinski definition) is 2. The lowest BCUT2D eigenvalue weighted by Gasteiger charge is -2.11. The average molecular weight is 584 g/mol. The molecule has 0 aromatic carbocycles. The lowest BCUT2D eigenvalue weighted by molar-refractivity contribution is -0.142. The van der Waals surface area contributed by atoms with Crippen LogP contribution >= 0.6 is 22.7 Å². The van der Waals surface area contributed by atoms with Gasteiger partial charge in [-0.15, -0.1) is 22.7 Å². The first kappa shape index (κ1) is 27.2. The van der Waals surface area contributed by atoms with Gasteiger partial charge in [0.1, 0.15) is 21.9 Å². The quantitative estimate of drug-likeness (QED) is 0.200. The number of aromatic nitrogens is 3. The van der Waals surface area contributed by atoms with Gasteiger partial charge in [-0.2, -0.15) is 18.3 Å². The molecular weight excluding hydrogens is 561 g/mol. The smallest absolute Gasteiger partial charge is 0.365 e. The van der Waals surface area contributed by atoms with Crippen molar-refractivity contribution in [3.8, 4) is 10.4 Å². The number of anilines is 1. The fourth-order valence-electron chi connectivity index (χ4n) is 4.82. The maximum Gasteiger partial charge on any atom is 0.435 e. The summed E-state index contributed by atoms with van der Waals surface area (Å²) in [6, 6.07) is 4.74. The lowest BCUT2D eigenvalue weighted by atomic mass is 10.1. The molecule has 4 heterocycles. The summed E-state index contributed by atoms with van der Waals surface area (Å²) in [7, 11) is 0. The minimum Gasteiger partial charge on any atom is -0.365 e. The number of amides is 2. The Balaban J connectivity index is 1.58. The van der Waals surface area contributed by atoms with Crippen molar-refractivity contribution >= 4 is 50.4 Å². The third-order valence-corrected chi connectivity index (χ3v) is 8.60. The predicted molar refractivity (Wildman–Crippen MR) is 138 cm³/mol. The number of rotatable bonds is 6. The fourth-order valence-corrected chi connectivity index (χ4v) is 6.72. The zero-order chi connectivity index (χ0) is 28.1. The highest BCUT2D eigenvalue weighted by Crippen LogP contribution is 2.44. The molecule has 0 atom stereocenters. The number of carbonyl (C=O) groups excluding carboxylic acids is 2. The molecule has 0 bridgehead atoms. The van der Waals surface area contributed by atoms with Crippen molar-refractivity contribution in [3.63, 3.8) is 0 Å². The molecule has 3 N–H and O–H groups in total. The molecule has 206 valence electrons. The van der Waals surface area contributed by atoms with Crippen LogP contribution < -0.4 is 11.1 Å². The van der Waals surface area contributed by atoms with E-state index in [4.69, 9.17) is 5.73 Å². The molecule has 4 aromatic rings. The molecule has 39 heavy (non-hydrogen) atoms. The SMILES string of the molecule is Cc1ccc(-c2cc(C(F)F)nc3sc(C(N)=O)c(NC(=O)Cn4nc(C(F)(F)F)c5c4CCCCC5)c23)s1. The Hall–Kier alpha value is -3.39. The van der Waals surface area contributed by atoms with Crippen molar-refractivity contribution in [1.29, 1.82) is 0 Å². The van der Waals surface area contributed by atoms with Gasteiger partial charge in [-0.25, -0.2) is 13.8 Å².